The van der Waals surface area contributed by atoms with E-state index in [0.29, 0.717) is 0 Å². The van der Waals surface area contributed by atoms with E-state index in [9.17, 15) is 18.9 Å². The quantitative estimate of drug-likeness (QED) is 0.681. The number of ether oxygens (including phenoxy) is 1. The minimum atomic E-state index is -0.792. The molecule has 1 heterocycles. The predicted octanol–water partition coefficient (Wildman–Crippen LogP) is 2.64. The molecule has 8 heteroatoms. The average molecular weight is 267 g/mol. The molecule has 0 saturated heterocycles. The molecule has 6 nitrogen and oxygen atoms in total. The SMILES string of the molecule is Nc1nc(Oc2cc(F)ccc2F)ccc1[N+](=O)[O-]. The number of aromatic nitrogens is 1. The lowest BCUT2D eigenvalue weighted by molar-refractivity contribution is -0.384. The fraction of sp³-hybridized carbons (Fsp3) is 0. The zero-order valence-electron chi connectivity index (χ0n) is 9.34. The van der Waals surface area contributed by atoms with Crippen LogP contribution >= 0.6 is 0 Å². The van der Waals surface area contributed by atoms with Crippen molar-refractivity contribution in [2.24, 2.45) is 0 Å². The number of benzene rings is 1. The van der Waals surface area contributed by atoms with Crippen LogP contribution < -0.4 is 10.5 Å². The summed E-state index contributed by atoms with van der Waals surface area (Å²) in [7, 11) is 0. The second-order valence-electron chi connectivity index (χ2n) is 3.49. The highest BCUT2D eigenvalue weighted by Crippen LogP contribution is 2.27. The minimum Gasteiger partial charge on any atom is -0.436 e. The van der Waals surface area contributed by atoms with Crippen LogP contribution in [0.25, 0.3) is 0 Å². The van der Waals surface area contributed by atoms with Crippen LogP contribution in [-0.4, -0.2) is 9.91 Å². The highest BCUT2D eigenvalue weighted by Gasteiger charge is 2.14. The first kappa shape index (κ1) is 12.7. The Hall–Kier alpha value is -2.77. The molecule has 1 aromatic carbocycles. The van der Waals surface area contributed by atoms with Crippen molar-refractivity contribution in [1.82, 2.24) is 4.98 Å². The molecule has 2 rings (SSSR count). The van der Waals surface area contributed by atoms with Crippen LogP contribution in [0.1, 0.15) is 0 Å². The van der Waals surface area contributed by atoms with Crippen molar-refractivity contribution in [3.05, 3.63) is 52.1 Å². The van der Waals surface area contributed by atoms with Gasteiger partial charge in [0.15, 0.2) is 11.6 Å². The maximum atomic E-state index is 13.3. The smallest absolute Gasteiger partial charge is 0.311 e. The van der Waals surface area contributed by atoms with E-state index in [2.05, 4.69) is 4.98 Å². The van der Waals surface area contributed by atoms with E-state index in [-0.39, 0.29) is 17.4 Å². The Bertz CT molecular complexity index is 649. The topological polar surface area (TPSA) is 91.3 Å². The van der Waals surface area contributed by atoms with E-state index in [1.54, 1.807) is 0 Å². The van der Waals surface area contributed by atoms with Gasteiger partial charge in [-0.3, -0.25) is 10.1 Å². The van der Waals surface area contributed by atoms with Gasteiger partial charge < -0.3 is 10.5 Å². The normalized spacial score (nSPS) is 10.2. The molecule has 0 atom stereocenters. The first-order valence-corrected chi connectivity index (χ1v) is 5.01. The number of hydrogen-bond acceptors (Lipinski definition) is 5. The average Bonchev–Trinajstić information content (AvgIpc) is 2.33. The standard InChI is InChI=1S/C11H7F2N3O3/c12-6-1-2-7(13)9(5-6)19-10-4-3-8(16(17)18)11(14)15-10/h1-5H,(H2,14,15). The van der Waals surface area contributed by atoms with Crippen molar-refractivity contribution >= 4 is 11.5 Å². The first-order valence-electron chi connectivity index (χ1n) is 5.01. The van der Waals surface area contributed by atoms with Gasteiger partial charge in [0.05, 0.1) is 4.92 Å². The zero-order valence-corrected chi connectivity index (χ0v) is 9.34. The monoisotopic (exact) mass is 267 g/mol. The molecule has 0 bridgehead atoms. The maximum Gasteiger partial charge on any atom is 0.311 e. The largest absolute Gasteiger partial charge is 0.436 e. The third-order valence-electron chi connectivity index (χ3n) is 2.18. The van der Waals surface area contributed by atoms with Crippen molar-refractivity contribution in [2.45, 2.75) is 0 Å². The van der Waals surface area contributed by atoms with Crippen molar-refractivity contribution in [2.75, 3.05) is 5.73 Å². The number of hydrogen-bond donors (Lipinski definition) is 1. The van der Waals surface area contributed by atoms with Gasteiger partial charge in [-0.15, -0.1) is 0 Å². The van der Waals surface area contributed by atoms with Crippen molar-refractivity contribution in [3.63, 3.8) is 0 Å². The highest BCUT2D eigenvalue weighted by molar-refractivity contribution is 5.53. The summed E-state index contributed by atoms with van der Waals surface area (Å²) < 4.78 is 31.2. The molecule has 0 aliphatic rings. The molecule has 0 radical (unpaired) electrons. The van der Waals surface area contributed by atoms with Crippen LogP contribution in [0.15, 0.2) is 30.3 Å². The minimum absolute atomic E-state index is 0.174. The van der Waals surface area contributed by atoms with Gasteiger partial charge in [-0.25, -0.2) is 8.78 Å². The third-order valence-corrected chi connectivity index (χ3v) is 2.18. The second-order valence-corrected chi connectivity index (χ2v) is 3.49. The molecule has 0 aliphatic heterocycles. The fourth-order valence-corrected chi connectivity index (χ4v) is 1.33. The number of anilines is 1. The van der Waals surface area contributed by atoms with Crippen LogP contribution in [0.2, 0.25) is 0 Å². The lowest BCUT2D eigenvalue weighted by Crippen LogP contribution is -2.00. The summed E-state index contributed by atoms with van der Waals surface area (Å²) in [4.78, 5) is 13.4. The third kappa shape index (κ3) is 2.73. The van der Waals surface area contributed by atoms with E-state index in [1.165, 1.54) is 0 Å². The molecular weight excluding hydrogens is 260 g/mol. The van der Waals surface area contributed by atoms with E-state index >= 15 is 0 Å². The Balaban J connectivity index is 2.31. The lowest BCUT2D eigenvalue weighted by atomic mass is 10.3. The Kier molecular flexibility index (Phi) is 3.23. The van der Waals surface area contributed by atoms with Gasteiger partial charge in [-0.1, -0.05) is 0 Å². The summed E-state index contributed by atoms with van der Waals surface area (Å²) in [6.07, 6.45) is 0. The molecule has 1 aromatic heterocycles. The Labute approximate surface area is 105 Å². The number of rotatable bonds is 3. The highest BCUT2D eigenvalue weighted by atomic mass is 19.1. The molecule has 98 valence electrons. The van der Waals surface area contributed by atoms with E-state index < -0.39 is 22.2 Å². The number of halogens is 2. The van der Waals surface area contributed by atoms with E-state index in [4.69, 9.17) is 10.5 Å². The molecule has 0 spiro atoms. The molecule has 19 heavy (non-hydrogen) atoms. The van der Waals surface area contributed by atoms with E-state index in [1.807, 2.05) is 0 Å². The van der Waals surface area contributed by atoms with Gasteiger partial charge in [-0.05, 0) is 12.1 Å². The molecule has 0 aliphatic carbocycles. The van der Waals surface area contributed by atoms with Crippen molar-refractivity contribution < 1.29 is 18.4 Å². The number of pyridine rings is 1. The summed E-state index contributed by atoms with van der Waals surface area (Å²) in [5, 5.41) is 10.5. The number of nitro groups is 1. The summed E-state index contributed by atoms with van der Waals surface area (Å²) in [6, 6.07) is 4.85. The molecular formula is C11H7F2N3O3. The maximum absolute atomic E-state index is 13.3. The van der Waals surface area contributed by atoms with Gasteiger partial charge in [0, 0.05) is 18.2 Å². The number of nitrogen functional groups attached to an aromatic ring is 1. The van der Waals surface area contributed by atoms with Gasteiger partial charge in [-0.2, -0.15) is 4.98 Å². The van der Waals surface area contributed by atoms with Crippen molar-refractivity contribution in [1.29, 1.82) is 0 Å². The first-order chi connectivity index (χ1) is 8.97. The van der Waals surface area contributed by atoms with Crippen LogP contribution in [0.3, 0.4) is 0 Å². The van der Waals surface area contributed by atoms with Gasteiger partial charge in [0.2, 0.25) is 11.7 Å². The molecule has 2 N–H and O–H groups in total. The molecule has 0 unspecified atom stereocenters. The number of nitrogens with two attached hydrogens (primary N) is 1. The van der Waals surface area contributed by atoms with Gasteiger partial charge in [0.1, 0.15) is 5.82 Å². The Morgan fingerprint density at radius 1 is 1.26 bits per heavy atom. The summed E-state index contributed by atoms with van der Waals surface area (Å²) in [5.74, 6) is -2.42. The molecule has 0 saturated carbocycles. The van der Waals surface area contributed by atoms with E-state index in [0.717, 1.165) is 30.3 Å². The Morgan fingerprint density at radius 3 is 2.63 bits per heavy atom. The summed E-state index contributed by atoms with van der Waals surface area (Å²) in [6.45, 7) is 0. The molecule has 0 amide bonds. The summed E-state index contributed by atoms with van der Waals surface area (Å²) in [5.41, 5.74) is 4.95. The molecule has 0 fully saturated rings. The van der Waals surface area contributed by atoms with Crippen molar-refractivity contribution in [3.8, 4) is 11.6 Å². The van der Waals surface area contributed by atoms with Gasteiger partial charge in [0.25, 0.3) is 0 Å². The second kappa shape index (κ2) is 4.84. The zero-order chi connectivity index (χ0) is 14.0. The number of nitrogens with zero attached hydrogens (tertiary/aromatic N) is 2. The van der Waals surface area contributed by atoms with Crippen LogP contribution in [0.4, 0.5) is 20.3 Å². The lowest BCUT2D eigenvalue weighted by Gasteiger charge is -2.06. The van der Waals surface area contributed by atoms with Crippen LogP contribution in [0.5, 0.6) is 11.6 Å². The summed E-state index contributed by atoms with van der Waals surface area (Å²) >= 11 is 0. The molecule has 2 aromatic rings. The predicted molar refractivity (Wildman–Crippen MR) is 61.7 cm³/mol. The fourth-order valence-electron chi connectivity index (χ4n) is 1.33. The van der Waals surface area contributed by atoms with Gasteiger partial charge >= 0.3 is 5.69 Å². The van der Waals surface area contributed by atoms with Crippen LogP contribution in [-0.2, 0) is 0 Å². The van der Waals surface area contributed by atoms with Crippen LogP contribution in [0, 0.1) is 21.7 Å². The Morgan fingerprint density at radius 2 is 2.00 bits per heavy atom.